The topological polar surface area (TPSA) is 38.5 Å². The molecule has 0 amide bonds. The quantitative estimate of drug-likeness (QED) is 0.898. The lowest BCUT2D eigenvalue weighted by molar-refractivity contribution is 0.132. The van der Waals surface area contributed by atoms with Crippen molar-refractivity contribution in [3.05, 3.63) is 35.4 Å². The highest BCUT2D eigenvalue weighted by Crippen LogP contribution is 2.22. The Morgan fingerprint density at radius 2 is 1.90 bits per heavy atom. The van der Waals surface area contributed by atoms with E-state index in [2.05, 4.69) is 43.0 Å². The fourth-order valence-electron chi connectivity index (χ4n) is 2.92. The van der Waals surface area contributed by atoms with Gasteiger partial charge < -0.3 is 10.5 Å². The van der Waals surface area contributed by atoms with E-state index in [4.69, 9.17) is 10.5 Å². The van der Waals surface area contributed by atoms with E-state index in [0.717, 1.165) is 39.1 Å². The third kappa shape index (κ3) is 4.30. The molecule has 1 atom stereocenters. The van der Waals surface area contributed by atoms with E-state index < -0.39 is 0 Å². The van der Waals surface area contributed by atoms with Gasteiger partial charge in [-0.05, 0) is 29.9 Å². The van der Waals surface area contributed by atoms with Gasteiger partial charge in [0.25, 0.3) is 0 Å². The Hall–Kier alpha value is -0.900. The van der Waals surface area contributed by atoms with E-state index in [0.29, 0.717) is 18.5 Å². The maximum atomic E-state index is 6.02. The van der Waals surface area contributed by atoms with Gasteiger partial charge in [0.2, 0.25) is 0 Å². The summed E-state index contributed by atoms with van der Waals surface area (Å²) in [5.74, 6) is 0.703. The number of hydrogen-bond acceptors (Lipinski definition) is 3. The van der Waals surface area contributed by atoms with Gasteiger partial charge in [0.15, 0.2) is 0 Å². The molecular formula is C17H28N2O. The second kappa shape index (κ2) is 7.77. The fraction of sp³-hybridized carbons (Fsp3) is 0.647. The van der Waals surface area contributed by atoms with Crippen LogP contribution in [-0.2, 0) is 11.2 Å². The minimum atomic E-state index is 0.324. The smallest absolute Gasteiger partial charge is 0.0593 e. The SMILES string of the molecule is CC(C)Cc1ccc(C(CN)N2CCCOCC2)cc1. The van der Waals surface area contributed by atoms with E-state index >= 15 is 0 Å². The molecule has 1 aliphatic heterocycles. The van der Waals surface area contributed by atoms with Crippen molar-refractivity contribution >= 4 is 0 Å². The van der Waals surface area contributed by atoms with Crippen LogP contribution >= 0.6 is 0 Å². The summed E-state index contributed by atoms with van der Waals surface area (Å²) in [5.41, 5.74) is 8.77. The number of hydrogen-bond donors (Lipinski definition) is 1. The third-order valence-corrected chi connectivity index (χ3v) is 3.93. The summed E-state index contributed by atoms with van der Waals surface area (Å²) in [6, 6.07) is 9.34. The van der Waals surface area contributed by atoms with E-state index in [1.807, 2.05) is 0 Å². The molecule has 1 aromatic rings. The normalized spacial score (nSPS) is 19.0. The lowest BCUT2D eigenvalue weighted by Crippen LogP contribution is -2.35. The summed E-state index contributed by atoms with van der Waals surface area (Å²) in [7, 11) is 0. The molecule has 1 fully saturated rings. The molecule has 0 aliphatic carbocycles. The minimum Gasteiger partial charge on any atom is -0.380 e. The highest BCUT2D eigenvalue weighted by atomic mass is 16.5. The van der Waals surface area contributed by atoms with Crippen LogP contribution in [0.15, 0.2) is 24.3 Å². The first-order valence-corrected chi connectivity index (χ1v) is 7.81. The first kappa shape index (κ1) is 15.5. The van der Waals surface area contributed by atoms with E-state index in [-0.39, 0.29) is 0 Å². The summed E-state index contributed by atoms with van der Waals surface area (Å²) >= 11 is 0. The largest absolute Gasteiger partial charge is 0.380 e. The molecule has 1 aliphatic rings. The zero-order valence-electron chi connectivity index (χ0n) is 12.8. The monoisotopic (exact) mass is 276 g/mol. The van der Waals surface area contributed by atoms with Gasteiger partial charge in [-0.2, -0.15) is 0 Å². The summed E-state index contributed by atoms with van der Waals surface area (Å²) in [4.78, 5) is 2.46. The zero-order valence-corrected chi connectivity index (χ0v) is 12.8. The van der Waals surface area contributed by atoms with Crippen molar-refractivity contribution in [3.8, 4) is 0 Å². The number of nitrogens with zero attached hydrogens (tertiary/aromatic N) is 1. The maximum absolute atomic E-state index is 6.02. The van der Waals surface area contributed by atoms with Gasteiger partial charge in [0.05, 0.1) is 6.61 Å². The molecule has 20 heavy (non-hydrogen) atoms. The van der Waals surface area contributed by atoms with Crippen LogP contribution < -0.4 is 5.73 Å². The van der Waals surface area contributed by atoms with Crippen molar-refractivity contribution in [1.82, 2.24) is 4.90 Å². The highest BCUT2D eigenvalue weighted by Gasteiger charge is 2.20. The van der Waals surface area contributed by atoms with Crippen molar-refractivity contribution in [2.45, 2.75) is 32.7 Å². The van der Waals surface area contributed by atoms with Crippen molar-refractivity contribution in [3.63, 3.8) is 0 Å². The molecule has 112 valence electrons. The predicted octanol–water partition coefficient (Wildman–Crippen LogP) is 2.61. The third-order valence-electron chi connectivity index (χ3n) is 3.93. The molecule has 3 nitrogen and oxygen atoms in total. The van der Waals surface area contributed by atoms with Crippen molar-refractivity contribution < 1.29 is 4.74 Å². The summed E-state index contributed by atoms with van der Waals surface area (Å²) < 4.78 is 5.54. The molecule has 0 aromatic heterocycles. The van der Waals surface area contributed by atoms with Crippen molar-refractivity contribution in [2.75, 3.05) is 32.8 Å². The number of nitrogens with two attached hydrogens (primary N) is 1. The Balaban J connectivity index is 2.06. The van der Waals surface area contributed by atoms with Gasteiger partial charge in [0, 0.05) is 32.3 Å². The van der Waals surface area contributed by atoms with Crippen LogP contribution in [0.5, 0.6) is 0 Å². The second-order valence-electron chi connectivity index (χ2n) is 6.09. The molecule has 2 N–H and O–H groups in total. The van der Waals surface area contributed by atoms with Crippen LogP contribution in [0, 0.1) is 5.92 Å². The fourth-order valence-corrected chi connectivity index (χ4v) is 2.92. The molecule has 3 heteroatoms. The van der Waals surface area contributed by atoms with Gasteiger partial charge in [-0.1, -0.05) is 38.1 Å². The molecule has 1 aromatic carbocycles. The minimum absolute atomic E-state index is 0.324. The van der Waals surface area contributed by atoms with Crippen molar-refractivity contribution in [1.29, 1.82) is 0 Å². The molecule has 1 unspecified atom stereocenters. The van der Waals surface area contributed by atoms with Gasteiger partial charge in [-0.15, -0.1) is 0 Å². The highest BCUT2D eigenvalue weighted by molar-refractivity contribution is 5.25. The number of benzene rings is 1. The Morgan fingerprint density at radius 3 is 2.55 bits per heavy atom. The Bertz CT molecular complexity index is 380. The van der Waals surface area contributed by atoms with E-state index in [1.54, 1.807) is 0 Å². The van der Waals surface area contributed by atoms with Crippen LogP contribution in [0.2, 0.25) is 0 Å². The Morgan fingerprint density at radius 1 is 1.15 bits per heavy atom. The van der Waals surface area contributed by atoms with Crippen LogP contribution in [0.1, 0.15) is 37.4 Å². The lowest BCUT2D eigenvalue weighted by atomic mass is 9.98. The zero-order chi connectivity index (χ0) is 14.4. The van der Waals surface area contributed by atoms with E-state index in [9.17, 15) is 0 Å². The summed E-state index contributed by atoms with van der Waals surface area (Å²) in [5, 5.41) is 0. The molecule has 0 saturated carbocycles. The second-order valence-corrected chi connectivity index (χ2v) is 6.09. The first-order valence-electron chi connectivity index (χ1n) is 7.81. The summed E-state index contributed by atoms with van der Waals surface area (Å²) in [6.45, 7) is 8.94. The maximum Gasteiger partial charge on any atom is 0.0593 e. The molecule has 1 saturated heterocycles. The van der Waals surface area contributed by atoms with Gasteiger partial charge in [-0.3, -0.25) is 4.90 Å². The van der Waals surface area contributed by atoms with Crippen LogP contribution in [-0.4, -0.2) is 37.7 Å². The molecule has 2 rings (SSSR count). The molecule has 1 heterocycles. The predicted molar refractivity (Wildman–Crippen MR) is 83.8 cm³/mol. The van der Waals surface area contributed by atoms with Gasteiger partial charge in [0.1, 0.15) is 0 Å². The van der Waals surface area contributed by atoms with Crippen molar-refractivity contribution in [2.24, 2.45) is 11.7 Å². The average Bonchev–Trinajstić information content (AvgIpc) is 2.70. The molecule has 0 bridgehead atoms. The van der Waals surface area contributed by atoms with E-state index in [1.165, 1.54) is 11.1 Å². The Kier molecular flexibility index (Phi) is 6.02. The molecular weight excluding hydrogens is 248 g/mol. The summed E-state index contributed by atoms with van der Waals surface area (Å²) in [6.07, 6.45) is 2.24. The number of rotatable bonds is 5. The number of ether oxygens (including phenoxy) is 1. The van der Waals surface area contributed by atoms with Crippen LogP contribution in [0.25, 0.3) is 0 Å². The Labute approximate surface area is 123 Å². The van der Waals surface area contributed by atoms with Gasteiger partial charge >= 0.3 is 0 Å². The average molecular weight is 276 g/mol. The van der Waals surface area contributed by atoms with Crippen LogP contribution in [0.3, 0.4) is 0 Å². The molecule has 0 spiro atoms. The standard InChI is InChI=1S/C17H28N2O/c1-14(2)12-15-4-6-16(7-5-15)17(13-18)19-8-3-10-20-11-9-19/h4-7,14,17H,3,8-13,18H2,1-2H3. The first-order chi connectivity index (χ1) is 9.70. The molecule has 0 radical (unpaired) electrons. The lowest BCUT2D eigenvalue weighted by Gasteiger charge is -2.29. The van der Waals surface area contributed by atoms with Crippen LogP contribution in [0.4, 0.5) is 0 Å². The van der Waals surface area contributed by atoms with Gasteiger partial charge in [-0.25, -0.2) is 0 Å².